The monoisotopic (exact) mass is 634 g/mol. The molecule has 0 unspecified atom stereocenters. The highest BCUT2D eigenvalue weighted by Crippen LogP contribution is 2.51. The zero-order valence-corrected chi connectivity index (χ0v) is 26.8. The van der Waals surface area contributed by atoms with Gasteiger partial charge in [0.15, 0.2) is 5.82 Å². The van der Waals surface area contributed by atoms with E-state index in [1.54, 1.807) is 0 Å². The first-order valence-corrected chi connectivity index (χ1v) is 17.1. The van der Waals surface area contributed by atoms with E-state index in [-0.39, 0.29) is 0 Å². The van der Waals surface area contributed by atoms with Crippen molar-refractivity contribution in [2.24, 2.45) is 0 Å². The van der Waals surface area contributed by atoms with Crippen LogP contribution in [0.2, 0.25) is 0 Å². The van der Waals surface area contributed by atoms with E-state index in [0.29, 0.717) is 0 Å². The molecule has 0 N–H and O–H groups in total. The van der Waals surface area contributed by atoms with Crippen LogP contribution in [-0.4, -0.2) is 19.1 Å². The fourth-order valence-corrected chi connectivity index (χ4v) is 8.79. The Morgan fingerprint density at radius 1 is 0.360 bits per heavy atom. The summed E-state index contributed by atoms with van der Waals surface area (Å²) in [6.45, 7) is 0. The number of hydrogen-bond donors (Lipinski definition) is 0. The third-order valence-electron chi connectivity index (χ3n) is 10.8. The van der Waals surface area contributed by atoms with E-state index in [9.17, 15) is 0 Å². The normalized spacial score (nSPS) is 12.4. The first-order valence-electron chi connectivity index (χ1n) is 17.1. The summed E-state index contributed by atoms with van der Waals surface area (Å²) in [6, 6.07) is 56.7. The Balaban J connectivity index is 1.40. The van der Waals surface area contributed by atoms with Gasteiger partial charge < -0.3 is 4.57 Å². The minimum Gasteiger partial charge on any atom is -0.309 e. The summed E-state index contributed by atoms with van der Waals surface area (Å²) in [5.41, 5.74) is 9.43. The molecule has 0 amide bonds. The Morgan fingerprint density at radius 3 is 1.84 bits per heavy atom. The van der Waals surface area contributed by atoms with Crippen molar-refractivity contribution in [3.8, 4) is 22.8 Å². The quantitative estimate of drug-likeness (QED) is 0.143. The van der Waals surface area contributed by atoms with E-state index in [1.165, 1.54) is 64.9 Å². The topological polar surface area (TPSA) is 35.6 Å². The Bertz CT molecular complexity index is 3300. The van der Waals surface area contributed by atoms with Crippen molar-refractivity contribution in [2.75, 3.05) is 0 Å². The molecule has 0 fully saturated rings. The predicted octanol–water partition coefficient (Wildman–Crippen LogP) is 11.8. The van der Waals surface area contributed by atoms with Crippen molar-refractivity contribution in [1.29, 1.82) is 0 Å². The smallest absolute Gasteiger partial charge is 0.165 e. The van der Waals surface area contributed by atoms with E-state index in [2.05, 4.69) is 155 Å². The number of benzene rings is 9. The Labute approximate surface area is 285 Å². The van der Waals surface area contributed by atoms with E-state index >= 15 is 0 Å². The third kappa shape index (κ3) is 3.25. The van der Waals surface area contributed by atoms with Crippen molar-refractivity contribution >= 4 is 87.0 Å². The molecule has 0 aliphatic heterocycles. The average molecular weight is 635 g/mol. The molecule has 0 bridgehead atoms. The maximum absolute atomic E-state index is 5.46. The lowest BCUT2D eigenvalue weighted by Crippen LogP contribution is -2.04. The molecule has 12 rings (SSSR count). The van der Waals surface area contributed by atoms with Crippen LogP contribution in [-0.2, 0) is 0 Å². The third-order valence-corrected chi connectivity index (χ3v) is 10.8. The molecule has 4 nitrogen and oxygen atoms in total. The minimum atomic E-state index is 0.833. The summed E-state index contributed by atoms with van der Waals surface area (Å²) >= 11 is 0. The SMILES string of the molecule is c1ccc(-c2nc3ccccc3nc2-n2c3ccc4ccc5cccc6c5c4c3c3c6c4c5ccccc5n(-c5ccccc5)c4cc32)cc1. The summed E-state index contributed by atoms with van der Waals surface area (Å²) in [4.78, 5) is 10.8. The molecular weight excluding hydrogens is 609 g/mol. The molecule has 0 saturated carbocycles. The lowest BCUT2D eigenvalue weighted by atomic mass is 9.88. The summed E-state index contributed by atoms with van der Waals surface area (Å²) in [7, 11) is 0. The van der Waals surface area contributed by atoms with Gasteiger partial charge >= 0.3 is 0 Å². The van der Waals surface area contributed by atoms with Gasteiger partial charge in [-0.15, -0.1) is 0 Å². The first kappa shape index (κ1) is 26.2. The van der Waals surface area contributed by atoms with Crippen LogP contribution in [0.1, 0.15) is 0 Å². The van der Waals surface area contributed by atoms with Crippen LogP contribution in [0.15, 0.2) is 158 Å². The van der Waals surface area contributed by atoms with Crippen molar-refractivity contribution in [3.05, 3.63) is 158 Å². The molecule has 0 spiro atoms. The van der Waals surface area contributed by atoms with Gasteiger partial charge in [0.05, 0.1) is 33.1 Å². The molecule has 0 aliphatic carbocycles. The van der Waals surface area contributed by atoms with Gasteiger partial charge in [-0.25, -0.2) is 9.97 Å². The van der Waals surface area contributed by atoms with Crippen molar-refractivity contribution in [2.45, 2.75) is 0 Å². The van der Waals surface area contributed by atoms with Crippen LogP contribution in [0.5, 0.6) is 0 Å². The van der Waals surface area contributed by atoms with Crippen molar-refractivity contribution in [3.63, 3.8) is 0 Å². The second kappa shape index (κ2) is 9.43. The second-order valence-electron chi connectivity index (χ2n) is 13.3. The fraction of sp³-hybridized carbons (Fsp3) is 0. The van der Waals surface area contributed by atoms with E-state index in [1.807, 2.05) is 12.1 Å². The van der Waals surface area contributed by atoms with Gasteiger partial charge in [0.25, 0.3) is 0 Å². The zero-order valence-electron chi connectivity index (χ0n) is 26.8. The number of fused-ring (bicyclic) bond motifs is 6. The number of para-hydroxylation sites is 4. The van der Waals surface area contributed by atoms with Gasteiger partial charge in [-0.2, -0.15) is 0 Å². The van der Waals surface area contributed by atoms with Crippen LogP contribution in [0.3, 0.4) is 0 Å². The van der Waals surface area contributed by atoms with Crippen LogP contribution in [0.25, 0.3) is 110 Å². The fourth-order valence-electron chi connectivity index (χ4n) is 8.79. The van der Waals surface area contributed by atoms with Crippen LogP contribution < -0.4 is 0 Å². The highest BCUT2D eigenvalue weighted by atomic mass is 15.1. The van der Waals surface area contributed by atoms with Gasteiger partial charge in [0.2, 0.25) is 0 Å². The Hall–Kier alpha value is -6.78. The largest absolute Gasteiger partial charge is 0.309 e. The molecule has 230 valence electrons. The molecule has 0 saturated heterocycles. The van der Waals surface area contributed by atoms with Crippen LogP contribution >= 0.6 is 0 Å². The number of hydrogen-bond acceptors (Lipinski definition) is 2. The lowest BCUT2D eigenvalue weighted by molar-refractivity contribution is 1.08. The number of rotatable bonds is 3. The standard InChI is InChI=1S/C46H26N4/c1-3-12-29(13-4-1)45-46(48-34-20-9-8-19-33(34)47-45)50-36-25-24-28-23-22-27-14-11-18-32-39(27)40(28)43(36)44-38(50)26-37-41(42(32)44)31-17-7-10-21-35(31)49(37)30-15-5-2-6-16-30/h1-26H. The Morgan fingerprint density at radius 2 is 1.00 bits per heavy atom. The maximum atomic E-state index is 5.46. The molecule has 0 atom stereocenters. The maximum Gasteiger partial charge on any atom is 0.165 e. The highest BCUT2D eigenvalue weighted by molar-refractivity contribution is 6.45. The Kier molecular flexibility index (Phi) is 4.94. The van der Waals surface area contributed by atoms with Crippen molar-refractivity contribution in [1.82, 2.24) is 19.1 Å². The van der Waals surface area contributed by atoms with E-state index < -0.39 is 0 Å². The average Bonchev–Trinajstić information content (AvgIpc) is 3.69. The van der Waals surface area contributed by atoms with Gasteiger partial charge in [-0.3, -0.25) is 4.57 Å². The molecule has 12 aromatic rings. The van der Waals surface area contributed by atoms with Crippen molar-refractivity contribution < 1.29 is 0 Å². The van der Waals surface area contributed by atoms with Gasteiger partial charge in [-0.1, -0.05) is 115 Å². The second-order valence-corrected chi connectivity index (χ2v) is 13.3. The van der Waals surface area contributed by atoms with Crippen LogP contribution in [0, 0.1) is 0 Å². The minimum absolute atomic E-state index is 0.833. The summed E-state index contributed by atoms with van der Waals surface area (Å²) in [5, 5.41) is 12.8. The van der Waals surface area contributed by atoms with E-state index in [0.717, 1.165) is 44.8 Å². The molecule has 50 heavy (non-hydrogen) atoms. The number of aromatic nitrogens is 4. The van der Waals surface area contributed by atoms with Gasteiger partial charge in [0.1, 0.15) is 5.69 Å². The van der Waals surface area contributed by atoms with Crippen LogP contribution in [0.4, 0.5) is 0 Å². The van der Waals surface area contributed by atoms with Gasteiger partial charge in [0, 0.05) is 43.6 Å². The van der Waals surface area contributed by atoms with Gasteiger partial charge in [-0.05, 0) is 64.0 Å². The van der Waals surface area contributed by atoms with E-state index in [4.69, 9.17) is 9.97 Å². The molecule has 4 heteroatoms. The molecule has 0 radical (unpaired) electrons. The lowest BCUT2D eigenvalue weighted by Gasteiger charge is -2.15. The molecule has 3 heterocycles. The first-order chi connectivity index (χ1) is 24.8. The number of nitrogens with zero attached hydrogens (tertiary/aromatic N) is 4. The highest BCUT2D eigenvalue weighted by Gasteiger charge is 2.28. The molecular formula is C46H26N4. The predicted molar refractivity (Wildman–Crippen MR) is 209 cm³/mol. The molecule has 9 aromatic carbocycles. The summed E-state index contributed by atoms with van der Waals surface area (Å²) in [5.74, 6) is 0.833. The summed E-state index contributed by atoms with van der Waals surface area (Å²) in [6.07, 6.45) is 0. The molecule has 0 aliphatic rings. The summed E-state index contributed by atoms with van der Waals surface area (Å²) < 4.78 is 4.83. The molecule has 3 aromatic heterocycles. The zero-order chi connectivity index (χ0) is 32.5.